The van der Waals surface area contributed by atoms with Crippen molar-refractivity contribution in [1.82, 2.24) is 14.5 Å². The van der Waals surface area contributed by atoms with Gasteiger partial charge in [-0.2, -0.15) is 9.82 Å². The summed E-state index contributed by atoms with van der Waals surface area (Å²) in [6.07, 6.45) is 2.70. The van der Waals surface area contributed by atoms with Crippen molar-refractivity contribution < 1.29 is 17.9 Å². The minimum atomic E-state index is -3.87. The van der Waals surface area contributed by atoms with Crippen LogP contribution in [0.15, 0.2) is 47.6 Å². The minimum absolute atomic E-state index is 0.00739. The van der Waals surface area contributed by atoms with Gasteiger partial charge in [-0.1, -0.05) is 44.2 Å². The van der Waals surface area contributed by atoms with Gasteiger partial charge < -0.3 is 4.74 Å². The lowest BCUT2D eigenvalue weighted by atomic mass is 10.1. The number of aromatic nitrogens is 2. The molecule has 0 aliphatic heterocycles. The Morgan fingerprint density at radius 3 is 2.54 bits per heavy atom. The highest BCUT2D eigenvalue weighted by atomic mass is 32.2. The van der Waals surface area contributed by atoms with E-state index >= 15 is 0 Å². The lowest BCUT2D eigenvalue weighted by Gasteiger charge is -2.19. The highest BCUT2D eigenvalue weighted by Crippen LogP contribution is 2.13. The third-order valence-electron chi connectivity index (χ3n) is 3.51. The largest absolute Gasteiger partial charge is 0.468 e. The molecule has 8 heteroatoms. The molecule has 0 bridgehead atoms. The predicted molar refractivity (Wildman–Crippen MR) is 88.7 cm³/mol. The van der Waals surface area contributed by atoms with Gasteiger partial charge in [0.15, 0.2) is 0 Å². The number of hydrogen-bond donors (Lipinski definition) is 1. The van der Waals surface area contributed by atoms with Gasteiger partial charge >= 0.3 is 5.97 Å². The molecule has 7 nitrogen and oxygen atoms in total. The Labute approximate surface area is 141 Å². The molecular formula is C16H21N3O4S. The number of carbonyl (C=O) groups excluding carboxylic acids is 1. The van der Waals surface area contributed by atoms with Crippen LogP contribution in [0.5, 0.6) is 0 Å². The number of benzene rings is 1. The average Bonchev–Trinajstić information content (AvgIpc) is 3.02. The van der Waals surface area contributed by atoms with Crippen LogP contribution in [-0.2, 0) is 26.1 Å². The molecule has 24 heavy (non-hydrogen) atoms. The predicted octanol–water partition coefficient (Wildman–Crippen LogP) is 1.41. The fourth-order valence-electron chi connectivity index (χ4n) is 2.16. The van der Waals surface area contributed by atoms with E-state index in [1.165, 1.54) is 24.2 Å². The van der Waals surface area contributed by atoms with Gasteiger partial charge in [-0.05, 0) is 11.5 Å². The molecular weight excluding hydrogens is 330 g/mol. The summed E-state index contributed by atoms with van der Waals surface area (Å²) in [6.45, 7) is 3.94. The molecule has 0 unspecified atom stereocenters. The normalized spacial score (nSPS) is 13.0. The van der Waals surface area contributed by atoms with E-state index in [0.29, 0.717) is 6.54 Å². The fraction of sp³-hybridized carbons (Fsp3) is 0.375. The topological polar surface area (TPSA) is 90.3 Å². The van der Waals surface area contributed by atoms with Crippen molar-refractivity contribution in [1.29, 1.82) is 0 Å². The first-order valence-corrected chi connectivity index (χ1v) is 8.98. The summed E-state index contributed by atoms with van der Waals surface area (Å²) in [5.74, 6) is -0.864. The van der Waals surface area contributed by atoms with E-state index in [1.807, 2.05) is 30.3 Å². The second-order valence-electron chi connectivity index (χ2n) is 5.73. The fourth-order valence-corrected chi connectivity index (χ4v) is 3.44. The summed E-state index contributed by atoms with van der Waals surface area (Å²) in [6, 6.07) is 8.63. The molecule has 0 aliphatic carbocycles. The molecule has 1 heterocycles. The first-order valence-electron chi connectivity index (χ1n) is 7.50. The Kier molecular flexibility index (Phi) is 5.74. The zero-order valence-corrected chi connectivity index (χ0v) is 14.7. The van der Waals surface area contributed by atoms with Crippen LogP contribution >= 0.6 is 0 Å². The van der Waals surface area contributed by atoms with E-state index < -0.39 is 22.0 Å². The Bertz CT molecular complexity index is 785. The molecule has 0 spiro atoms. The number of esters is 1. The van der Waals surface area contributed by atoms with Crippen molar-refractivity contribution in [2.45, 2.75) is 31.3 Å². The third kappa shape index (κ3) is 4.42. The average molecular weight is 351 g/mol. The number of rotatable bonds is 7. The highest BCUT2D eigenvalue weighted by molar-refractivity contribution is 7.89. The van der Waals surface area contributed by atoms with Crippen LogP contribution in [0, 0.1) is 5.92 Å². The van der Waals surface area contributed by atoms with E-state index in [9.17, 15) is 13.2 Å². The summed E-state index contributed by atoms with van der Waals surface area (Å²) in [7, 11) is -2.64. The van der Waals surface area contributed by atoms with E-state index in [-0.39, 0.29) is 10.8 Å². The summed E-state index contributed by atoms with van der Waals surface area (Å²) in [5.41, 5.74) is 1.01. The maximum absolute atomic E-state index is 12.5. The maximum Gasteiger partial charge on any atom is 0.324 e. The molecule has 1 N–H and O–H groups in total. The van der Waals surface area contributed by atoms with Crippen LogP contribution in [-0.4, -0.2) is 37.3 Å². The van der Waals surface area contributed by atoms with Crippen LogP contribution in [0.3, 0.4) is 0 Å². The van der Waals surface area contributed by atoms with E-state index in [0.717, 1.165) is 5.56 Å². The second kappa shape index (κ2) is 7.59. The molecule has 2 aromatic rings. The van der Waals surface area contributed by atoms with Crippen LogP contribution in [0.1, 0.15) is 19.4 Å². The molecule has 1 atom stereocenters. The maximum atomic E-state index is 12.5. The Morgan fingerprint density at radius 1 is 1.29 bits per heavy atom. The van der Waals surface area contributed by atoms with Crippen molar-refractivity contribution in [3.8, 4) is 0 Å². The number of ether oxygens (including phenoxy) is 1. The summed E-state index contributed by atoms with van der Waals surface area (Å²) in [4.78, 5) is 11.7. The molecule has 130 valence electrons. The zero-order valence-electron chi connectivity index (χ0n) is 13.8. The minimum Gasteiger partial charge on any atom is -0.468 e. The summed E-state index contributed by atoms with van der Waals surface area (Å²) < 4.78 is 33.5. The van der Waals surface area contributed by atoms with Crippen LogP contribution in [0.2, 0.25) is 0 Å². The Hall–Kier alpha value is -2.19. The number of sulfonamides is 1. The van der Waals surface area contributed by atoms with E-state index in [4.69, 9.17) is 0 Å². The summed E-state index contributed by atoms with van der Waals surface area (Å²) >= 11 is 0. The van der Waals surface area contributed by atoms with Crippen LogP contribution < -0.4 is 4.72 Å². The Balaban J connectivity index is 2.16. The van der Waals surface area contributed by atoms with E-state index in [2.05, 4.69) is 14.6 Å². The molecule has 0 fully saturated rings. The molecule has 0 amide bonds. The number of hydrogen-bond acceptors (Lipinski definition) is 5. The number of nitrogens with one attached hydrogen (secondary N) is 1. The monoisotopic (exact) mass is 351 g/mol. The molecule has 0 radical (unpaired) electrons. The van der Waals surface area contributed by atoms with Crippen LogP contribution in [0.4, 0.5) is 0 Å². The van der Waals surface area contributed by atoms with Crippen LogP contribution in [0.25, 0.3) is 0 Å². The van der Waals surface area contributed by atoms with E-state index in [1.54, 1.807) is 13.8 Å². The van der Waals surface area contributed by atoms with Crippen molar-refractivity contribution in [2.75, 3.05) is 7.11 Å². The SMILES string of the molecule is COC(=O)[C@@H](NS(=O)(=O)c1cnn(Cc2ccccc2)c1)C(C)C. The van der Waals surface area contributed by atoms with Gasteiger partial charge in [0, 0.05) is 6.20 Å². The van der Waals surface area contributed by atoms with Crippen molar-refractivity contribution in [3.05, 3.63) is 48.3 Å². The first-order chi connectivity index (χ1) is 11.3. The van der Waals surface area contributed by atoms with Gasteiger partial charge in [-0.25, -0.2) is 8.42 Å². The standard InChI is InChI=1S/C16H21N3O4S/c1-12(2)15(16(20)23-3)18-24(21,22)14-9-17-19(11-14)10-13-7-5-4-6-8-13/h4-9,11-12,15,18H,10H2,1-3H3/t15-/m0/s1. The van der Waals surface area contributed by atoms with Gasteiger partial charge in [0.25, 0.3) is 0 Å². The van der Waals surface area contributed by atoms with Crippen molar-refractivity contribution in [3.63, 3.8) is 0 Å². The smallest absolute Gasteiger partial charge is 0.324 e. The lowest BCUT2D eigenvalue weighted by molar-refractivity contribution is -0.143. The van der Waals surface area contributed by atoms with Crippen molar-refractivity contribution >= 4 is 16.0 Å². The van der Waals surface area contributed by atoms with Gasteiger partial charge in [0.2, 0.25) is 10.0 Å². The number of carbonyl (C=O) groups is 1. The van der Waals surface area contributed by atoms with Gasteiger partial charge in [0.05, 0.1) is 19.9 Å². The van der Waals surface area contributed by atoms with Crippen molar-refractivity contribution in [2.24, 2.45) is 5.92 Å². The molecule has 2 rings (SSSR count). The molecule has 0 aliphatic rings. The molecule has 1 aromatic heterocycles. The second-order valence-corrected chi connectivity index (χ2v) is 7.44. The van der Waals surface area contributed by atoms with Gasteiger partial charge in [-0.3, -0.25) is 9.48 Å². The zero-order chi connectivity index (χ0) is 17.7. The first kappa shape index (κ1) is 18.2. The van der Waals surface area contributed by atoms with Gasteiger partial charge in [-0.15, -0.1) is 0 Å². The van der Waals surface area contributed by atoms with Gasteiger partial charge in [0.1, 0.15) is 10.9 Å². The molecule has 0 saturated carbocycles. The molecule has 1 aromatic carbocycles. The summed E-state index contributed by atoms with van der Waals surface area (Å²) in [5, 5.41) is 4.08. The molecule has 0 saturated heterocycles. The quantitative estimate of drug-likeness (QED) is 0.762. The Morgan fingerprint density at radius 2 is 1.96 bits per heavy atom. The lowest BCUT2D eigenvalue weighted by Crippen LogP contribution is -2.44. The number of methoxy groups -OCH3 is 1. The highest BCUT2D eigenvalue weighted by Gasteiger charge is 2.29. The number of nitrogens with zero attached hydrogens (tertiary/aromatic N) is 2. The third-order valence-corrected chi connectivity index (χ3v) is 4.91.